The first-order valence-electron chi connectivity index (χ1n) is 13.9. The lowest BCUT2D eigenvalue weighted by atomic mass is 9.63. The number of carbonyl (C=O) groups excluding carboxylic acids is 3. The maximum absolute atomic E-state index is 14.8. The van der Waals surface area contributed by atoms with Crippen LogP contribution in [0.1, 0.15) is 61.2 Å². The van der Waals surface area contributed by atoms with Gasteiger partial charge in [0.15, 0.2) is 11.6 Å². The summed E-state index contributed by atoms with van der Waals surface area (Å²) in [6.07, 6.45) is 5.86. The average molecular weight is 553 g/mol. The minimum absolute atomic E-state index is 0.0799. The van der Waals surface area contributed by atoms with E-state index in [9.17, 15) is 14.4 Å². The van der Waals surface area contributed by atoms with Crippen molar-refractivity contribution >= 4 is 46.5 Å². The van der Waals surface area contributed by atoms with Crippen molar-refractivity contribution in [1.29, 1.82) is 0 Å². The lowest BCUT2D eigenvalue weighted by Gasteiger charge is -2.38. The molecule has 3 aromatic rings. The summed E-state index contributed by atoms with van der Waals surface area (Å²) < 4.78 is 0. The third kappa shape index (κ3) is 3.78. The number of anilines is 2. The third-order valence-corrected chi connectivity index (χ3v) is 8.90. The number of ketones is 2. The lowest BCUT2D eigenvalue weighted by molar-refractivity contribution is -0.128. The Morgan fingerprint density at radius 1 is 1.02 bits per heavy atom. The Hall–Kier alpha value is -3.70. The molecule has 6 rings (SSSR count). The summed E-state index contributed by atoms with van der Waals surface area (Å²) in [5.41, 5.74) is 2.69. The summed E-state index contributed by atoms with van der Waals surface area (Å²) in [5, 5.41) is 3.65. The fourth-order valence-electron chi connectivity index (χ4n) is 6.90. The Morgan fingerprint density at radius 2 is 1.75 bits per heavy atom. The molecule has 1 saturated heterocycles. The first-order valence-corrected chi connectivity index (χ1v) is 14.3. The second-order valence-corrected chi connectivity index (χ2v) is 12.6. The van der Waals surface area contributed by atoms with Crippen molar-refractivity contribution in [3.63, 3.8) is 0 Å². The molecule has 3 aromatic carbocycles. The van der Waals surface area contributed by atoms with Gasteiger partial charge in [0, 0.05) is 27.4 Å². The monoisotopic (exact) mass is 552 g/mol. The van der Waals surface area contributed by atoms with Crippen LogP contribution in [-0.4, -0.2) is 29.6 Å². The largest absolute Gasteiger partial charge is 0.352 e. The molecule has 0 radical (unpaired) electrons. The Bertz CT molecular complexity index is 1570. The summed E-state index contributed by atoms with van der Waals surface area (Å²) in [6.45, 7) is 7.75. The number of carbonyl (C=O) groups is 3. The quantitative estimate of drug-likeness (QED) is 0.350. The van der Waals surface area contributed by atoms with Crippen LogP contribution in [0.5, 0.6) is 0 Å². The van der Waals surface area contributed by atoms with Gasteiger partial charge in [-0.1, -0.05) is 100 Å². The number of rotatable bonds is 5. The normalized spacial score (nSPS) is 24.5. The van der Waals surface area contributed by atoms with Gasteiger partial charge in [-0.2, -0.15) is 0 Å². The number of aryl methyl sites for hydroxylation is 1. The van der Waals surface area contributed by atoms with Crippen LogP contribution in [0.3, 0.4) is 0 Å². The van der Waals surface area contributed by atoms with Gasteiger partial charge in [0.1, 0.15) is 11.5 Å². The van der Waals surface area contributed by atoms with Gasteiger partial charge in [0.2, 0.25) is 5.91 Å². The molecule has 0 aromatic heterocycles. The minimum Gasteiger partial charge on any atom is -0.352 e. The van der Waals surface area contributed by atoms with Crippen molar-refractivity contribution in [2.45, 2.75) is 58.0 Å². The van der Waals surface area contributed by atoms with Crippen molar-refractivity contribution in [3.8, 4) is 0 Å². The van der Waals surface area contributed by atoms with E-state index in [1.54, 1.807) is 6.07 Å². The predicted octanol–water partition coefficient (Wildman–Crippen LogP) is 6.88. The van der Waals surface area contributed by atoms with E-state index in [2.05, 4.69) is 12.2 Å². The van der Waals surface area contributed by atoms with Gasteiger partial charge < -0.3 is 10.2 Å². The van der Waals surface area contributed by atoms with E-state index in [4.69, 9.17) is 11.6 Å². The topological polar surface area (TPSA) is 66.5 Å². The maximum atomic E-state index is 14.8. The highest BCUT2D eigenvalue weighted by Gasteiger charge is 2.70. The number of nitrogens with one attached hydrogen (secondary N) is 1. The van der Waals surface area contributed by atoms with E-state index >= 15 is 0 Å². The van der Waals surface area contributed by atoms with Gasteiger partial charge in [0.25, 0.3) is 0 Å². The molecule has 0 saturated carbocycles. The number of hydrogen-bond acceptors (Lipinski definition) is 4. The SMILES string of the molecule is CCCc1ccc(C(=O)[C@@H]2[C@H](C(=O)C(C)(C)C)N3c4ccc(Cl)cc4C=C[C@H]3[C@]23C(=O)Nc2ccccc23)cc1. The number of fused-ring (bicyclic) bond motifs is 6. The van der Waals surface area contributed by atoms with Crippen LogP contribution in [0.15, 0.2) is 72.8 Å². The number of hydrogen-bond donors (Lipinski definition) is 1. The van der Waals surface area contributed by atoms with E-state index < -0.39 is 28.8 Å². The van der Waals surface area contributed by atoms with Crippen molar-refractivity contribution in [1.82, 2.24) is 0 Å². The van der Waals surface area contributed by atoms with Crippen LogP contribution in [0.4, 0.5) is 11.4 Å². The molecule has 5 nitrogen and oxygen atoms in total. The molecule has 40 heavy (non-hydrogen) atoms. The van der Waals surface area contributed by atoms with Gasteiger partial charge in [-0.15, -0.1) is 0 Å². The molecule has 4 atom stereocenters. The summed E-state index contributed by atoms with van der Waals surface area (Å²) >= 11 is 6.36. The predicted molar refractivity (Wildman–Crippen MR) is 160 cm³/mol. The van der Waals surface area contributed by atoms with Crippen molar-refractivity contribution < 1.29 is 14.4 Å². The Kier molecular flexibility index (Phi) is 6.26. The van der Waals surface area contributed by atoms with E-state index in [1.807, 2.05) is 98.5 Å². The van der Waals surface area contributed by atoms with E-state index in [0.29, 0.717) is 16.3 Å². The molecular formula is C34H33ClN2O3. The maximum Gasteiger partial charge on any atom is 0.238 e. The molecule has 1 spiro atoms. The Morgan fingerprint density at radius 3 is 2.45 bits per heavy atom. The van der Waals surface area contributed by atoms with Crippen molar-refractivity contribution in [3.05, 3.63) is 100 Å². The highest BCUT2D eigenvalue weighted by atomic mass is 35.5. The molecule has 0 unspecified atom stereocenters. The molecule has 3 aliphatic heterocycles. The molecule has 6 heteroatoms. The molecule has 1 N–H and O–H groups in total. The van der Waals surface area contributed by atoms with Crippen molar-refractivity contribution in [2.24, 2.45) is 11.3 Å². The fourth-order valence-corrected chi connectivity index (χ4v) is 7.08. The molecule has 204 valence electrons. The molecule has 0 aliphatic carbocycles. The summed E-state index contributed by atoms with van der Waals surface area (Å²) in [6, 6.07) is 19.4. The van der Waals surface area contributed by atoms with E-state index in [-0.39, 0.29) is 17.5 Å². The number of Topliss-reactive ketones (excluding diaryl/α,β-unsaturated/α-hetero) is 2. The van der Waals surface area contributed by atoms with Gasteiger partial charge in [-0.3, -0.25) is 14.4 Å². The number of benzene rings is 3. The number of nitrogens with zero attached hydrogens (tertiary/aromatic N) is 1. The number of para-hydroxylation sites is 1. The summed E-state index contributed by atoms with van der Waals surface area (Å²) in [5.74, 6) is -1.48. The third-order valence-electron chi connectivity index (χ3n) is 8.66. The molecule has 3 aliphatic rings. The molecule has 3 heterocycles. The zero-order valence-electron chi connectivity index (χ0n) is 23.2. The van der Waals surface area contributed by atoms with Crippen LogP contribution >= 0.6 is 11.6 Å². The lowest BCUT2D eigenvalue weighted by Crippen LogP contribution is -2.51. The smallest absolute Gasteiger partial charge is 0.238 e. The van der Waals surface area contributed by atoms with Gasteiger partial charge in [-0.05, 0) is 47.4 Å². The van der Waals surface area contributed by atoms with Crippen LogP contribution in [0.2, 0.25) is 5.02 Å². The first kappa shape index (κ1) is 26.5. The Balaban J connectivity index is 1.64. The fraction of sp³-hybridized carbons (Fsp3) is 0.324. The zero-order chi connectivity index (χ0) is 28.4. The zero-order valence-corrected chi connectivity index (χ0v) is 24.0. The van der Waals surface area contributed by atoms with Crippen LogP contribution in [0.25, 0.3) is 6.08 Å². The van der Waals surface area contributed by atoms with Gasteiger partial charge >= 0.3 is 0 Å². The average Bonchev–Trinajstić information content (AvgIpc) is 3.40. The second-order valence-electron chi connectivity index (χ2n) is 12.1. The summed E-state index contributed by atoms with van der Waals surface area (Å²) in [4.78, 5) is 45.6. The second kappa shape index (κ2) is 9.45. The first-order chi connectivity index (χ1) is 19.1. The highest BCUT2D eigenvalue weighted by Crippen LogP contribution is 2.58. The van der Waals surface area contributed by atoms with Crippen LogP contribution in [-0.2, 0) is 21.4 Å². The van der Waals surface area contributed by atoms with Crippen molar-refractivity contribution in [2.75, 3.05) is 10.2 Å². The molecule has 1 fully saturated rings. The minimum atomic E-state index is -1.30. The van der Waals surface area contributed by atoms with Gasteiger partial charge in [0.05, 0.1) is 12.0 Å². The molecular weight excluding hydrogens is 520 g/mol. The van der Waals surface area contributed by atoms with E-state index in [0.717, 1.165) is 35.2 Å². The highest BCUT2D eigenvalue weighted by molar-refractivity contribution is 6.31. The number of amides is 1. The summed E-state index contributed by atoms with van der Waals surface area (Å²) in [7, 11) is 0. The van der Waals surface area contributed by atoms with E-state index in [1.165, 1.54) is 0 Å². The van der Waals surface area contributed by atoms with Crippen LogP contribution < -0.4 is 10.2 Å². The molecule has 1 amide bonds. The number of halogens is 1. The van der Waals surface area contributed by atoms with Crippen LogP contribution in [0, 0.1) is 11.3 Å². The molecule has 0 bridgehead atoms. The Labute approximate surface area is 240 Å². The standard InChI is InChI=1S/C34H33ClN2O3/c1-5-8-20-11-13-21(14-12-20)30(38)28-29(31(39)33(2,3)4)37-26-17-16-23(35)19-22(26)15-18-27(37)34(28)24-9-6-7-10-25(24)36-32(34)40/h6-7,9-19,27-29H,5,8H2,1-4H3,(H,36,40)/t27-,28-,29+,34-/m0/s1. The van der Waals surface area contributed by atoms with Gasteiger partial charge in [-0.25, -0.2) is 0 Å².